The fraction of sp³-hybridized carbons (Fsp3) is 0.588. The number of para-hydroxylation sites is 1. The first-order valence-electron chi connectivity index (χ1n) is 7.80. The number of nitrogens with zero attached hydrogens (tertiary/aromatic N) is 1. The molecule has 0 saturated heterocycles. The molecule has 1 unspecified atom stereocenters. The van der Waals surface area contributed by atoms with Gasteiger partial charge in [0.1, 0.15) is 0 Å². The Balaban J connectivity index is 1.81. The molecule has 3 rings (SSSR count). The molecular formula is C17H24N2O. The number of carbonyl (C=O) groups excluding carboxylic acids is 1. The van der Waals surface area contributed by atoms with Crippen molar-refractivity contribution in [3.8, 4) is 0 Å². The molecule has 1 atom stereocenters. The second-order valence-corrected chi connectivity index (χ2v) is 6.50. The molecule has 0 bridgehead atoms. The summed E-state index contributed by atoms with van der Waals surface area (Å²) in [5.74, 6) is 1.26. The molecule has 3 heteroatoms. The highest BCUT2D eigenvalue weighted by atomic mass is 16.2. The molecule has 20 heavy (non-hydrogen) atoms. The number of rotatable bonds is 1. The fourth-order valence-electron chi connectivity index (χ4n) is 3.56. The first-order chi connectivity index (χ1) is 9.65. The third-order valence-electron chi connectivity index (χ3n) is 4.81. The van der Waals surface area contributed by atoms with Gasteiger partial charge in [-0.05, 0) is 49.7 Å². The zero-order valence-electron chi connectivity index (χ0n) is 12.2. The first-order valence-corrected chi connectivity index (χ1v) is 7.80. The zero-order chi connectivity index (χ0) is 14.1. The standard InChI is InChI=1S/C17H24N2O/c1-12-6-8-13(9-7-12)17(20)19-11-15(18)10-14-4-2-3-5-16(14)19/h2-5,12-13,15H,6-11,18H2,1H3. The summed E-state index contributed by atoms with van der Waals surface area (Å²) in [6.07, 6.45) is 5.30. The minimum absolute atomic E-state index is 0.0661. The molecule has 2 aliphatic rings. The normalized spacial score (nSPS) is 29.9. The van der Waals surface area contributed by atoms with Gasteiger partial charge >= 0.3 is 0 Å². The van der Waals surface area contributed by atoms with Crippen LogP contribution in [0.1, 0.15) is 38.2 Å². The van der Waals surface area contributed by atoms with Crippen LogP contribution in [0.3, 0.4) is 0 Å². The van der Waals surface area contributed by atoms with Gasteiger partial charge in [0.2, 0.25) is 5.91 Å². The molecule has 1 saturated carbocycles. The van der Waals surface area contributed by atoms with E-state index < -0.39 is 0 Å². The second kappa shape index (κ2) is 5.57. The predicted molar refractivity (Wildman–Crippen MR) is 81.6 cm³/mol. The van der Waals surface area contributed by atoms with Crippen molar-refractivity contribution < 1.29 is 4.79 Å². The summed E-state index contributed by atoms with van der Waals surface area (Å²) in [6, 6.07) is 8.26. The van der Waals surface area contributed by atoms with Gasteiger partial charge in [-0.15, -0.1) is 0 Å². The van der Waals surface area contributed by atoms with E-state index in [2.05, 4.69) is 19.1 Å². The highest BCUT2D eigenvalue weighted by Gasteiger charge is 2.32. The summed E-state index contributed by atoms with van der Waals surface area (Å²) in [6.45, 7) is 2.95. The van der Waals surface area contributed by atoms with Crippen molar-refractivity contribution in [1.82, 2.24) is 0 Å². The quantitative estimate of drug-likeness (QED) is 0.854. The van der Waals surface area contributed by atoms with E-state index in [0.717, 1.165) is 30.9 Å². The summed E-state index contributed by atoms with van der Waals surface area (Å²) in [5.41, 5.74) is 8.43. The lowest BCUT2D eigenvalue weighted by atomic mass is 9.82. The van der Waals surface area contributed by atoms with Crippen LogP contribution in [0.15, 0.2) is 24.3 Å². The van der Waals surface area contributed by atoms with Gasteiger partial charge in [-0.3, -0.25) is 4.79 Å². The molecule has 2 N–H and O–H groups in total. The van der Waals surface area contributed by atoms with E-state index in [1.165, 1.54) is 18.4 Å². The van der Waals surface area contributed by atoms with Crippen molar-refractivity contribution >= 4 is 11.6 Å². The Morgan fingerprint density at radius 3 is 2.65 bits per heavy atom. The SMILES string of the molecule is CC1CCC(C(=O)N2CC(N)Cc3ccccc32)CC1. The molecular weight excluding hydrogens is 248 g/mol. The minimum Gasteiger partial charge on any atom is -0.326 e. The Morgan fingerprint density at radius 2 is 1.90 bits per heavy atom. The predicted octanol–water partition coefficient (Wildman–Crippen LogP) is 2.73. The van der Waals surface area contributed by atoms with Crippen LogP contribution in [0.4, 0.5) is 5.69 Å². The third-order valence-corrected chi connectivity index (χ3v) is 4.81. The van der Waals surface area contributed by atoms with Crippen LogP contribution in [-0.4, -0.2) is 18.5 Å². The molecule has 1 aliphatic carbocycles. The molecule has 1 aromatic carbocycles. The smallest absolute Gasteiger partial charge is 0.230 e. The van der Waals surface area contributed by atoms with Crippen LogP contribution < -0.4 is 10.6 Å². The summed E-state index contributed by atoms with van der Waals surface area (Å²) in [5, 5.41) is 0. The van der Waals surface area contributed by atoms with Crippen molar-refractivity contribution in [3.05, 3.63) is 29.8 Å². The molecule has 0 aromatic heterocycles. The van der Waals surface area contributed by atoms with Gasteiger partial charge in [-0.1, -0.05) is 25.1 Å². The maximum atomic E-state index is 12.8. The lowest BCUT2D eigenvalue weighted by Crippen LogP contribution is -2.48. The molecule has 108 valence electrons. The molecule has 1 fully saturated rings. The minimum atomic E-state index is 0.0661. The van der Waals surface area contributed by atoms with Crippen LogP contribution in [0, 0.1) is 11.8 Å². The highest BCUT2D eigenvalue weighted by molar-refractivity contribution is 5.96. The third kappa shape index (κ3) is 2.59. The summed E-state index contributed by atoms with van der Waals surface area (Å²) >= 11 is 0. The van der Waals surface area contributed by atoms with Gasteiger partial charge in [0.25, 0.3) is 0 Å². The topological polar surface area (TPSA) is 46.3 Å². The number of nitrogens with two attached hydrogens (primary N) is 1. The number of hydrogen-bond donors (Lipinski definition) is 1. The number of amides is 1. The van der Waals surface area contributed by atoms with Gasteiger partial charge in [-0.2, -0.15) is 0 Å². The molecule has 3 nitrogen and oxygen atoms in total. The maximum absolute atomic E-state index is 12.8. The van der Waals surface area contributed by atoms with Gasteiger partial charge in [0, 0.05) is 24.2 Å². The van der Waals surface area contributed by atoms with Crippen LogP contribution in [-0.2, 0) is 11.2 Å². The van der Waals surface area contributed by atoms with Gasteiger partial charge in [-0.25, -0.2) is 0 Å². The average Bonchev–Trinajstić information content (AvgIpc) is 2.46. The number of hydrogen-bond acceptors (Lipinski definition) is 2. The van der Waals surface area contributed by atoms with E-state index in [9.17, 15) is 4.79 Å². The monoisotopic (exact) mass is 272 g/mol. The van der Waals surface area contributed by atoms with Crippen molar-refractivity contribution in [1.29, 1.82) is 0 Å². The highest BCUT2D eigenvalue weighted by Crippen LogP contribution is 2.33. The van der Waals surface area contributed by atoms with E-state index >= 15 is 0 Å². The Morgan fingerprint density at radius 1 is 1.20 bits per heavy atom. The Hall–Kier alpha value is -1.35. The number of fused-ring (bicyclic) bond motifs is 1. The van der Waals surface area contributed by atoms with Crippen LogP contribution in [0.5, 0.6) is 0 Å². The zero-order valence-corrected chi connectivity index (χ0v) is 12.2. The second-order valence-electron chi connectivity index (χ2n) is 6.50. The van der Waals surface area contributed by atoms with Gasteiger partial charge in [0.05, 0.1) is 0 Å². The number of benzene rings is 1. The molecule has 0 spiro atoms. The Kier molecular flexibility index (Phi) is 3.79. The van der Waals surface area contributed by atoms with E-state index in [4.69, 9.17) is 5.73 Å². The van der Waals surface area contributed by atoms with Crippen LogP contribution in [0.2, 0.25) is 0 Å². The van der Waals surface area contributed by atoms with Crippen molar-refractivity contribution in [3.63, 3.8) is 0 Å². The van der Waals surface area contributed by atoms with E-state index in [1.54, 1.807) is 0 Å². The van der Waals surface area contributed by atoms with Crippen LogP contribution in [0.25, 0.3) is 0 Å². The molecule has 1 aliphatic heterocycles. The lowest BCUT2D eigenvalue weighted by Gasteiger charge is -2.36. The van der Waals surface area contributed by atoms with Gasteiger partial charge in [0.15, 0.2) is 0 Å². The van der Waals surface area contributed by atoms with E-state index in [0.29, 0.717) is 12.5 Å². The maximum Gasteiger partial charge on any atom is 0.230 e. The van der Waals surface area contributed by atoms with E-state index in [-0.39, 0.29) is 12.0 Å². The summed E-state index contributed by atoms with van der Waals surface area (Å²) in [4.78, 5) is 14.8. The Labute approximate surface area is 121 Å². The lowest BCUT2D eigenvalue weighted by molar-refractivity contribution is -0.123. The van der Waals surface area contributed by atoms with Crippen LogP contribution >= 0.6 is 0 Å². The largest absolute Gasteiger partial charge is 0.326 e. The molecule has 1 aromatic rings. The van der Waals surface area contributed by atoms with Gasteiger partial charge < -0.3 is 10.6 Å². The number of carbonyl (C=O) groups is 1. The van der Waals surface area contributed by atoms with Crippen molar-refractivity contribution in [2.45, 2.75) is 45.1 Å². The van der Waals surface area contributed by atoms with Crippen molar-refractivity contribution in [2.24, 2.45) is 17.6 Å². The summed E-state index contributed by atoms with van der Waals surface area (Å²) in [7, 11) is 0. The Bertz CT molecular complexity index is 492. The molecule has 0 radical (unpaired) electrons. The summed E-state index contributed by atoms with van der Waals surface area (Å²) < 4.78 is 0. The van der Waals surface area contributed by atoms with E-state index in [1.807, 2.05) is 17.0 Å². The first kappa shape index (κ1) is 13.6. The average molecular weight is 272 g/mol. The number of anilines is 1. The molecule has 1 amide bonds. The van der Waals surface area contributed by atoms with Crippen molar-refractivity contribution in [2.75, 3.05) is 11.4 Å². The molecule has 1 heterocycles. The fourth-order valence-corrected chi connectivity index (χ4v) is 3.56.